The lowest BCUT2D eigenvalue weighted by atomic mass is 10.1. The van der Waals surface area contributed by atoms with Gasteiger partial charge >= 0.3 is 0 Å². The van der Waals surface area contributed by atoms with Crippen molar-refractivity contribution in [2.75, 3.05) is 10.0 Å². The number of unbranched alkanes of at least 4 members (excludes halogenated alkanes) is 1. The molecule has 0 bridgehead atoms. The molecule has 3 aromatic rings. The van der Waals surface area contributed by atoms with Crippen LogP contribution in [0.15, 0.2) is 70.0 Å². The first kappa shape index (κ1) is 29.6. The highest BCUT2D eigenvalue weighted by Crippen LogP contribution is 2.26. The molecule has 0 aromatic heterocycles. The zero-order chi connectivity index (χ0) is 27.9. The number of aryl methyl sites for hydroxylation is 2. The number of carbonyl (C=O) groups excluding carboxylic acids is 1. The molecule has 10 heteroatoms. The maximum atomic E-state index is 13.0. The van der Waals surface area contributed by atoms with Gasteiger partial charge in [-0.25, -0.2) is 8.42 Å². The summed E-state index contributed by atoms with van der Waals surface area (Å²) < 4.78 is 35.2. The fourth-order valence-electron chi connectivity index (χ4n) is 3.77. The summed E-state index contributed by atoms with van der Waals surface area (Å²) in [7, 11) is -3.78. The van der Waals surface area contributed by atoms with Crippen LogP contribution in [0.5, 0.6) is 5.75 Å². The van der Waals surface area contributed by atoms with Crippen LogP contribution < -0.4 is 20.1 Å². The lowest BCUT2D eigenvalue weighted by molar-refractivity contribution is 0.0970. The van der Waals surface area contributed by atoms with E-state index < -0.39 is 15.9 Å². The number of carbonyl (C=O) groups is 1. The van der Waals surface area contributed by atoms with Crippen molar-refractivity contribution < 1.29 is 17.9 Å². The molecule has 202 valence electrons. The van der Waals surface area contributed by atoms with Gasteiger partial charge in [-0.3, -0.25) is 14.8 Å². The molecular formula is C28H32BrN3O4S2. The number of halogens is 1. The van der Waals surface area contributed by atoms with E-state index >= 15 is 0 Å². The standard InChI is InChI=1S/C28H32BrN3O4S2/c1-5-6-10-20(4)36-25-16-11-21(29)17-24(25)27(33)31-28(37)30-22-12-14-23(15-13-22)38(34,35)32-26-18(2)8-7-9-19(26)3/h7-9,11-17,20,32H,5-6,10H2,1-4H3,(H2,30,31,33,37). The predicted molar refractivity (Wildman–Crippen MR) is 161 cm³/mol. The quantitative estimate of drug-likeness (QED) is 0.213. The van der Waals surface area contributed by atoms with Gasteiger partial charge in [-0.05, 0) is 93.0 Å². The molecule has 0 saturated carbocycles. The fourth-order valence-corrected chi connectivity index (χ4v) is 5.54. The van der Waals surface area contributed by atoms with Crippen molar-refractivity contribution in [1.82, 2.24) is 5.32 Å². The molecular weight excluding hydrogens is 586 g/mol. The van der Waals surface area contributed by atoms with Crippen molar-refractivity contribution in [2.45, 2.75) is 58.0 Å². The minimum Gasteiger partial charge on any atom is -0.490 e. The first-order valence-electron chi connectivity index (χ1n) is 12.3. The average molecular weight is 619 g/mol. The topological polar surface area (TPSA) is 96.5 Å². The average Bonchev–Trinajstić information content (AvgIpc) is 2.86. The monoisotopic (exact) mass is 617 g/mol. The molecule has 0 aliphatic heterocycles. The normalized spacial score (nSPS) is 11.9. The van der Waals surface area contributed by atoms with Gasteiger partial charge in [-0.2, -0.15) is 0 Å². The van der Waals surface area contributed by atoms with Crippen LogP contribution in [0.4, 0.5) is 11.4 Å². The van der Waals surface area contributed by atoms with E-state index in [-0.39, 0.29) is 16.1 Å². The summed E-state index contributed by atoms with van der Waals surface area (Å²) in [6.45, 7) is 7.80. The number of benzene rings is 3. The Hall–Kier alpha value is -2.95. The summed E-state index contributed by atoms with van der Waals surface area (Å²) >= 11 is 8.73. The minimum atomic E-state index is -3.78. The number of hydrogen-bond acceptors (Lipinski definition) is 5. The first-order chi connectivity index (χ1) is 18.0. The summed E-state index contributed by atoms with van der Waals surface area (Å²) in [5, 5.41) is 5.67. The Labute approximate surface area is 238 Å². The zero-order valence-electron chi connectivity index (χ0n) is 21.8. The maximum absolute atomic E-state index is 13.0. The van der Waals surface area contributed by atoms with E-state index in [0.29, 0.717) is 22.7 Å². The highest BCUT2D eigenvalue weighted by atomic mass is 79.9. The predicted octanol–water partition coefficient (Wildman–Crippen LogP) is 6.95. The SMILES string of the molecule is CCCCC(C)Oc1ccc(Br)cc1C(=O)NC(=S)Nc1ccc(S(=O)(=O)Nc2c(C)cccc2C)cc1. The maximum Gasteiger partial charge on any atom is 0.261 e. The number of sulfonamides is 1. The number of nitrogens with one attached hydrogen (secondary N) is 3. The van der Waals surface area contributed by atoms with Crippen LogP contribution in [0.2, 0.25) is 0 Å². The Morgan fingerprint density at radius 2 is 1.71 bits per heavy atom. The van der Waals surface area contributed by atoms with Crippen molar-refractivity contribution in [1.29, 1.82) is 0 Å². The first-order valence-corrected chi connectivity index (χ1v) is 15.0. The lowest BCUT2D eigenvalue weighted by Gasteiger charge is -2.18. The third-order valence-corrected chi connectivity index (χ3v) is 7.91. The van der Waals surface area contributed by atoms with Crippen LogP contribution >= 0.6 is 28.1 Å². The van der Waals surface area contributed by atoms with E-state index in [1.807, 2.05) is 45.0 Å². The van der Waals surface area contributed by atoms with Gasteiger partial charge in [0.1, 0.15) is 5.75 Å². The lowest BCUT2D eigenvalue weighted by Crippen LogP contribution is -2.34. The fraction of sp³-hybridized carbons (Fsp3) is 0.286. The molecule has 3 N–H and O–H groups in total. The van der Waals surface area contributed by atoms with E-state index in [2.05, 4.69) is 38.2 Å². The number of amides is 1. The molecule has 0 aliphatic carbocycles. The van der Waals surface area contributed by atoms with E-state index in [1.165, 1.54) is 12.1 Å². The number of para-hydroxylation sites is 1. The smallest absolute Gasteiger partial charge is 0.261 e. The zero-order valence-corrected chi connectivity index (χ0v) is 25.0. The Balaban J connectivity index is 1.66. The van der Waals surface area contributed by atoms with Crippen molar-refractivity contribution in [3.8, 4) is 5.75 Å². The van der Waals surface area contributed by atoms with Crippen LogP contribution in [0.1, 0.15) is 54.6 Å². The molecule has 3 aromatic carbocycles. The van der Waals surface area contributed by atoms with E-state index in [4.69, 9.17) is 17.0 Å². The highest BCUT2D eigenvalue weighted by molar-refractivity contribution is 9.10. The molecule has 0 aliphatic rings. The van der Waals surface area contributed by atoms with Crippen molar-refractivity contribution in [3.63, 3.8) is 0 Å². The second kappa shape index (κ2) is 13.2. The van der Waals surface area contributed by atoms with E-state index in [0.717, 1.165) is 34.9 Å². The minimum absolute atomic E-state index is 0.0354. The molecule has 1 unspecified atom stereocenters. The van der Waals surface area contributed by atoms with E-state index in [1.54, 1.807) is 24.3 Å². The van der Waals surface area contributed by atoms with Crippen molar-refractivity contribution in [3.05, 3.63) is 81.8 Å². The second-order valence-electron chi connectivity index (χ2n) is 9.02. The van der Waals surface area contributed by atoms with Crippen LogP contribution in [0, 0.1) is 13.8 Å². The number of ether oxygens (including phenoxy) is 1. The van der Waals surface area contributed by atoms with Gasteiger partial charge in [0, 0.05) is 10.2 Å². The number of anilines is 2. The van der Waals surface area contributed by atoms with Gasteiger partial charge in [0.05, 0.1) is 22.3 Å². The van der Waals surface area contributed by atoms with Gasteiger partial charge in [0.25, 0.3) is 15.9 Å². The summed E-state index contributed by atoms with van der Waals surface area (Å²) in [6.07, 6.45) is 2.96. The summed E-state index contributed by atoms with van der Waals surface area (Å²) in [5.41, 5.74) is 3.12. The van der Waals surface area contributed by atoms with Crippen molar-refractivity contribution >= 4 is 60.6 Å². The molecule has 1 amide bonds. The molecule has 1 atom stereocenters. The third-order valence-electron chi connectivity index (χ3n) is 5.85. The molecule has 7 nitrogen and oxygen atoms in total. The second-order valence-corrected chi connectivity index (χ2v) is 12.0. The Kier molecular flexibility index (Phi) is 10.3. The third kappa shape index (κ3) is 8.02. The Bertz CT molecular complexity index is 1390. The van der Waals surface area contributed by atoms with Crippen LogP contribution in [0.3, 0.4) is 0 Å². The molecule has 3 rings (SSSR count). The van der Waals surface area contributed by atoms with Gasteiger partial charge in [0.2, 0.25) is 0 Å². The van der Waals surface area contributed by atoms with E-state index in [9.17, 15) is 13.2 Å². The number of thiocarbonyl (C=S) groups is 1. The molecule has 38 heavy (non-hydrogen) atoms. The summed E-state index contributed by atoms with van der Waals surface area (Å²) in [6, 6.07) is 16.9. The number of rotatable bonds is 10. The van der Waals surface area contributed by atoms with Crippen LogP contribution in [0.25, 0.3) is 0 Å². The number of hydrogen-bond donors (Lipinski definition) is 3. The van der Waals surface area contributed by atoms with Gasteiger partial charge in [-0.1, -0.05) is 53.9 Å². The Morgan fingerprint density at radius 1 is 1.05 bits per heavy atom. The highest BCUT2D eigenvalue weighted by Gasteiger charge is 2.18. The van der Waals surface area contributed by atoms with Crippen LogP contribution in [-0.2, 0) is 10.0 Å². The van der Waals surface area contributed by atoms with Gasteiger partial charge < -0.3 is 10.1 Å². The molecule has 0 radical (unpaired) electrons. The summed E-state index contributed by atoms with van der Waals surface area (Å²) in [5.74, 6) is 0.0570. The molecule has 0 fully saturated rings. The molecule has 0 spiro atoms. The van der Waals surface area contributed by atoms with Crippen molar-refractivity contribution in [2.24, 2.45) is 0 Å². The molecule has 0 saturated heterocycles. The van der Waals surface area contributed by atoms with Gasteiger partial charge in [0.15, 0.2) is 5.11 Å². The molecule has 0 heterocycles. The largest absolute Gasteiger partial charge is 0.490 e. The van der Waals surface area contributed by atoms with Gasteiger partial charge in [-0.15, -0.1) is 0 Å². The summed E-state index contributed by atoms with van der Waals surface area (Å²) in [4.78, 5) is 13.1. The van der Waals surface area contributed by atoms with Crippen LogP contribution in [-0.4, -0.2) is 25.5 Å². The Morgan fingerprint density at radius 3 is 2.34 bits per heavy atom.